The van der Waals surface area contributed by atoms with E-state index in [0.717, 1.165) is 4.75 Å². The van der Waals surface area contributed by atoms with Crippen molar-refractivity contribution in [3.63, 3.8) is 0 Å². The van der Waals surface area contributed by atoms with Gasteiger partial charge in [0.1, 0.15) is 0 Å². The summed E-state index contributed by atoms with van der Waals surface area (Å²) in [5, 5.41) is 0. The third-order valence-electron chi connectivity index (χ3n) is 2.07. The molecule has 0 aromatic rings. The lowest BCUT2D eigenvalue weighted by atomic mass is 10.1. The van der Waals surface area contributed by atoms with Crippen molar-refractivity contribution in [2.75, 3.05) is 5.75 Å². The predicted octanol–water partition coefficient (Wildman–Crippen LogP) is 2.05. The van der Waals surface area contributed by atoms with Crippen LogP contribution in [-0.4, -0.2) is 10.5 Å². The zero-order valence-corrected chi connectivity index (χ0v) is 5.26. The van der Waals surface area contributed by atoms with Crippen LogP contribution in [0.2, 0.25) is 0 Å². The van der Waals surface area contributed by atoms with E-state index in [2.05, 4.69) is 11.8 Å². The van der Waals surface area contributed by atoms with Gasteiger partial charge in [-0.3, -0.25) is 0 Å². The molecule has 0 nitrogen and oxygen atoms in total. The van der Waals surface area contributed by atoms with E-state index in [0.29, 0.717) is 0 Å². The molecule has 2 fully saturated rings. The van der Waals surface area contributed by atoms with E-state index in [-0.39, 0.29) is 0 Å². The van der Waals surface area contributed by atoms with Gasteiger partial charge in [-0.25, -0.2) is 0 Å². The molecule has 0 aromatic carbocycles. The van der Waals surface area contributed by atoms with E-state index in [1.54, 1.807) is 0 Å². The molecule has 1 spiro atoms. The van der Waals surface area contributed by atoms with Crippen molar-refractivity contribution in [3.8, 4) is 0 Å². The van der Waals surface area contributed by atoms with Crippen molar-refractivity contribution >= 4 is 11.8 Å². The molecular weight excluding hydrogens is 104 g/mol. The Morgan fingerprint density at radius 1 is 1.14 bits per heavy atom. The number of hydrogen-bond donors (Lipinski definition) is 0. The number of rotatable bonds is 0. The second-order valence-electron chi connectivity index (χ2n) is 2.68. The second kappa shape index (κ2) is 1.19. The Labute approximate surface area is 48.7 Å². The highest BCUT2D eigenvalue weighted by Crippen LogP contribution is 2.55. The van der Waals surface area contributed by atoms with Crippen LogP contribution >= 0.6 is 11.8 Å². The molecule has 0 atom stereocenters. The van der Waals surface area contributed by atoms with Gasteiger partial charge in [0.15, 0.2) is 0 Å². The van der Waals surface area contributed by atoms with Gasteiger partial charge in [-0.1, -0.05) is 12.8 Å². The van der Waals surface area contributed by atoms with Crippen LogP contribution in [0.5, 0.6) is 0 Å². The molecule has 1 heterocycles. The lowest BCUT2D eigenvalue weighted by molar-refractivity contribution is 0.752. The second-order valence-corrected chi connectivity index (χ2v) is 4.12. The fraction of sp³-hybridized carbons (Fsp3) is 1.00. The highest BCUT2D eigenvalue weighted by atomic mass is 32.2. The lowest BCUT2D eigenvalue weighted by Gasteiger charge is -1.95. The van der Waals surface area contributed by atoms with Gasteiger partial charge in [-0.05, 0) is 12.8 Å². The van der Waals surface area contributed by atoms with E-state index >= 15 is 0 Å². The lowest BCUT2D eigenvalue weighted by Crippen LogP contribution is -1.97. The van der Waals surface area contributed by atoms with E-state index in [1.807, 2.05) is 0 Å². The van der Waals surface area contributed by atoms with Crippen LogP contribution in [-0.2, 0) is 0 Å². The Balaban J connectivity index is 2.07. The van der Waals surface area contributed by atoms with E-state index in [1.165, 1.54) is 31.4 Å². The molecule has 0 amide bonds. The molecule has 0 aromatic heterocycles. The monoisotopic (exact) mass is 114 g/mol. The van der Waals surface area contributed by atoms with Gasteiger partial charge in [-0.2, -0.15) is 11.8 Å². The maximum atomic E-state index is 2.18. The van der Waals surface area contributed by atoms with Crippen molar-refractivity contribution < 1.29 is 0 Å². The predicted molar refractivity (Wildman–Crippen MR) is 33.7 cm³/mol. The Morgan fingerprint density at radius 3 is 2.00 bits per heavy atom. The zero-order valence-electron chi connectivity index (χ0n) is 4.44. The average molecular weight is 114 g/mol. The Kier molecular flexibility index (Phi) is 0.724. The highest BCUT2D eigenvalue weighted by molar-refractivity contribution is 8.07. The molecular formula is C6H10S. The summed E-state index contributed by atoms with van der Waals surface area (Å²) >= 11 is 2.18. The van der Waals surface area contributed by atoms with Crippen LogP contribution in [0.25, 0.3) is 0 Å². The summed E-state index contributed by atoms with van der Waals surface area (Å²) in [6, 6.07) is 0. The SMILES string of the molecule is C1CCC2(C1)CS2. The van der Waals surface area contributed by atoms with Crippen LogP contribution in [0.3, 0.4) is 0 Å². The van der Waals surface area contributed by atoms with Gasteiger partial charge in [0.2, 0.25) is 0 Å². The van der Waals surface area contributed by atoms with Crippen LogP contribution in [0, 0.1) is 0 Å². The largest absolute Gasteiger partial charge is 0.153 e. The minimum atomic E-state index is 0.861. The zero-order chi connectivity index (χ0) is 4.74. The number of thioether (sulfide) groups is 1. The fourth-order valence-electron chi connectivity index (χ4n) is 1.41. The highest BCUT2D eigenvalue weighted by Gasteiger charge is 2.45. The number of hydrogen-bond acceptors (Lipinski definition) is 1. The van der Waals surface area contributed by atoms with Crippen molar-refractivity contribution in [1.82, 2.24) is 0 Å². The summed E-state index contributed by atoms with van der Waals surface area (Å²) in [6.07, 6.45) is 6.06. The molecule has 0 bridgehead atoms. The van der Waals surface area contributed by atoms with E-state index in [4.69, 9.17) is 0 Å². The van der Waals surface area contributed by atoms with Gasteiger partial charge in [-0.15, -0.1) is 0 Å². The van der Waals surface area contributed by atoms with Crippen LogP contribution in [0.4, 0.5) is 0 Å². The molecule has 0 unspecified atom stereocenters. The first-order valence-electron chi connectivity index (χ1n) is 3.05. The molecule has 1 saturated carbocycles. The minimum Gasteiger partial charge on any atom is -0.153 e. The molecule has 1 aliphatic heterocycles. The molecule has 1 saturated heterocycles. The quantitative estimate of drug-likeness (QED) is 0.434. The topological polar surface area (TPSA) is 0 Å². The third-order valence-corrected chi connectivity index (χ3v) is 3.58. The molecule has 2 rings (SSSR count). The molecule has 1 aliphatic carbocycles. The first-order valence-corrected chi connectivity index (χ1v) is 4.04. The normalized spacial score (nSPS) is 34.3. The molecule has 40 valence electrons. The third kappa shape index (κ3) is 0.584. The standard InChI is InChI=1S/C6H10S/c1-2-4-6(3-1)5-7-6/h1-5H2. The smallest absolute Gasteiger partial charge is 0.0251 e. The molecule has 7 heavy (non-hydrogen) atoms. The first kappa shape index (κ1) is 4.25. The van der Waals surface area contributed by atoms with Gasteiger partial charge in [0.05, 0.1) is 0 Å². The Morgan fingerprint density at radius 2 is 1.71 bits per heavy atom. The van der Waals surface area contributed by atoms with Gasteiger partial charge in [0.25, 0.3) is 0 Å². The summed E-state index contributed by atoms with van der Waals surface area (Å²) in [4.78, 5) is 0. The average Bonchev–Trinajstić information content (AvgIpc) is 2.15. The molecule has 1 heteroatoms. The maximum absolute atomic E-state index is 2.18. The van der Waals surface area contributed by atoms with E-state index < -0.39 is 0 Å². The molecule has 2 aliphatic rings. The van der Waals surface area contributed by atoms with Gasteiger partial charge < -0.3 is 0 Å². The summed E-state index contributed by atoms with van der Waals surface area (Å²) < 4.78 is 0.861. The first-order chi connectivity index (χ1) is 3.41. The fourth-order valence-corrected chi connectivity index (χ4v) is 2.48. The van der Waals surface area contributed by atoms with E-state index in [9.17, 15) is 0 Å². The maximum Gasteiger partial charge on any atom is 0.0251 e. The van der Waals surface area contributed by atoms with Crippen LogP contribution in [0.15, 0.2) is 0 Å². The van der Waals surface area contributed by atoms with Crippen molar-refractivity contribution in [3.05, 3.63) is 0 Å². The van der Waals surface area contributed by atoms with Crippen molar-refractivity contribution in [1.29, 1.82) is 0 Å². The summed E-state index contributed by atoms with van der Waals surface area (Å²) in [5.74, 6) is 1.48. The van der Waals surface area contributed by atoms with Crippen molar-refractivity contribution in [2.24, 2.45) is 0 Å². The van der Waals surface area contributed by atoms with Crippen LogP contribution in [0.1, 0.15) is 25.7 Å². The summed E-state index contributed by atoms with van der Waals surface area (Å²) in [7, 11) is 0. The summed E-state index contributed by atoms with van der Waals surface area (Å²) in [6.45, 7) is 0. The minimum absolute atomic E-state index is 0.861. The van der Waals surface area contributed by atoms with Crippen LogP contribution < -0.4 is 0 Å². The Hall–Kier alpha value is 0.350. The molecule has 0 radical (unpaired) electrons. The molecule has 0 N–H and O–H groups in total. The summed E-state index contributed by atoms with van der Waals surface area (Å²) in [5.41, 5.74) is 0. The van der Waals surface area contributed by atoms with Gasteiger partial charge >= 0.3 is 0 Å². The van der Waals surface area contributed by atoms with Crippen molar-refractivity contribution in [2.45, 2.75) is 30.4 Å². The van der Waals surface area contributed by atoms with Gasteiger partial charge in [0, 0.05) is 10.5 Å². The Bertz CT molecular complexity index is 76.2.